The molecule has 0 saturated carbocycles. The average molecular weight is 377 g/mol. The summed E-state index contributed by atoms with van der Waals surface area (Å²) in [5, 5.41) is 9.10. The minimum atomic E-state index is -1.37. The monoisotopic (exact) mass is 376 g/mol. The molecule has 0 N–H and O–H groups in total. The molecule has 0 aliphatic carbocycles. The van der Waals surface area contributed by atoms with Crippen molar-refractivity contribution in [3.63, 3.8) is 0 Å². The summed E-state index contributed by atoms with van der Waals surface area (Å²) < 4.78 is 0. The Morgan fingerprint density at radius 3 is 2.30 bits per heavy atom. The molecule has 1 aromatic heterocycles. The Morgan fingerprint density at radius 2 is 1.74 bits per heavy atom. The maximum absolute atomic E-state index is 9.10. The van der Waals surface area contributed by atoms with Gasteiger partial charge in [0.15, 0.2) is 0 Å². The van der Waals surface area contributed by atoms with E-state index in [9.17, 15) is 0 Å². The summed E-state index contributed by atoms with van der Waals surface area (Å²) in [6.45, 7) is 14.9. The predicted octanol–water partition coefficient (Wildman–Crippen LogP) is 4.63. The van der Waals surface area contributed by atoms with Crippen LogP contribution in [-0.4, -0.2) is 24.6 Å². The van der Waals surface area contributed by atoms with Gasteiger partial charge in [0.05, 0.1) is 0 Å². The zero-order chi connectivity index (χ0) is 20.1. The molecule has 0 fully saturated rings. The molecule has 27 heavy (non-hydrogen) atoms. The van der Waals surface area contributed by atoms with Crippen LogP contribution in [0.25, 0.3) is 0 Å². The summed E-state index contributed by atoms with van der Waals surface area (Å²) in [6.07, 6.45) is 1.64. The molecule has 0 amide bonds. The van der Waals surface area contributed by atoms with Crippen molar-refractivity contribution in [3.8, 4) is 17.5 Å². The van der Waals surface area contributed by atoms with E-state index in [0.29, 0.717) is 0 Å². The number of anilines is 1. The van der Waals surface area contributed by atoms with Crippen molar-refractivity contribution in [2.45, 2.75) is 47.0 Å². The highest BCUT2D eigenvalue weighted by molar-refractivity contribution is 6.83. The summed E-state index contributed by atoms with van der Waals surface area (Å²) in [5.41, 5.74) is 5.74. The first-order valence-electron chi connectivity index (χ1n) is 9.16. The quantitative estimate of drug-likeness (QED) is 0.577. The van der Waals surface area contributed by atoms with Crippen LogP contribution >= 0.6 is 0 Å². The van der Waals surface area contributed by atoms with Crippen molar-refractivity contribution in [2.24, 2.45) is 5.41 Å². The Bertz CT molecular complexity index is 872. The van der Waals surface area contributed by atoms with E-state index in [2.05, 4.69) is 91.0 Å². The Kier molecular flexibility index (Phi) is 6.41. The van der Waals surface area contributed by atoms with E-state index >= 15 is 0 Å². The highest BCUT2D eigenvalue weighted by atomic mass is 28.3. The smallest absolute Gasteiger partial charge is 0.234 e. The van der Waals surface area contributed by atoms with E-state index in [-0.39, 0.29) is 11.2 Å². The Morgan fingerprint density at radius 1 is 1.07 bits per heavy atom. The van der Waals surface area contributed by atoms with Gasteiger partial charge in [-0.05, 0) is 29.2 Å². The molecule has 5 heteroatoms. The summed E-state index contributed by atoms with van der Waals surface area (Å²) in [6, 6.07) is 12.3. The van der Waals surface area contributed by atoms with Gasteiger partial charge < -0.3 is 4.90 Å². The van der Waals surface area contributed by atoms with Gasteiger partial charge in [-0.3, -0.25) is 0 Å². The van der Waals surface area contributed by atoms with E-state index in [1.165, 1.54) is 5.56 Å². The van der Waals surface area contributed by atoms with E-state index in [0.717, 1.165) is 24.5 Å². The molecule has 1 aromatic carbocycles. The minimum Gasteiger partial charge on any atom is -0.352 e. The lowest BCUT2D eigenvalue weighted by Gasteiger charge is -2.31. The van der Waals surface area contributed by atoms with Gasteiger partial charge in [0.25, 0.3) is 0 Å². The molecule has 0 aliphatic heterocycles. The maximum atomic E-state index is 9.10. The van der Waals surface area contributed by atoms with Crippen molar-refractivity contribution in [3.05, 3.63) is 53.5 Å². The van der Waals surface area contributed by atoms with Gasteiger partial charge in [-0.1, -0.05) is 58.5 Å². The first-order valence-corrected chi connectivity index (χ1v) is 12.7. The zero-order valence-corrected chi connectivity index (χ0v) is 18.2. The van der Waals surface area contributed by atoms with Gasteiger partial charge in [0.2, 0.25) is 5.82 Å². The van der Waals surface area contributed by atoms with Gasteiger partial charge >= 0.3 is 0 Å². The average Bonchev–Trinajstić information content (AvgIpc) is 2.59. The summed E-state index contributed by atoms with van der Waals surface area (Å²) >= 11 is 0. The van der Waals surface area contributed by atoms with Crippen LogP contribution in [0.15, 0.2) is 36.5 Å². The maximum Gasteiger partial charge on any atom is 0.234 e. The third kappa shape index (κ3) is 7.25. The van der Waals surface area contributed by atoms with Crippen molar-refractivity contribution >= 4 is 13.9 Å². The number of nitriles is 1. The van der Waals surface area contributed by atoms with Crippen LogP contribution in [0.1, 0.15) is 37.7 Å². The fraction of sp³-hybridized carbons (Fsp3) is 0.409. The van der Waals surface area contributed by atoms with Crippen LogP contribution in [0.4, 0.5) is 5.82 Å². The van der Waals surface area contributed by atoms with Crippen LogP contribution in [0.2, 0.25) is 19.6 Å². The standard InChI is InChI=1S/C22H28N4Si/c1-22(2,3)17-26(21-11-13-24-20(15-23)25-21)16-19-9-7-18(8-10-19)12-14-27(4,5)6/h7-11,13H,16-17H2,1-6H3. The third-order valence-electron chi connectivity index (χ3n) is 3.64. The summed E-state index contributed by atoms with van der Waals surface area (Å²) in [7, 11) is -1.37. The second kappa shape index (κ2) is 8.37. The van der Waals surface area contributed by atoms with Crippen LogP contribution in [0.5, 0.6) is 0 Å². The minimum absolute atomic E-state index is 0.0977. The molecule has 0 spiro atoms. The fourth-order valence-electron chi connectivity index (χ4n) is 2.54. The molecule has 1 heterocycles. The Balaban J connectivity index is 2.24. The molecular formula is C22H28N4Si. The first-order chi connectivity index (χ1) is 12.6. The number of hydrogen-bond acceptors (Lipinski definition) is 4. The van der Waals surface area contributed by atoms with Gasteiger partial charge in [0.1, 0.15) is 20.0 Å². The van der Waals surface area contributed by atoms with Crippen molar-refractivity contribution in [1.82, 2.24) is 9.97 Å². The molecule has 2 rings (SSSR count). The van der Waals surface area contributed by atoms with Gasteiger partial charge in [0, 0.05) is 24.8 Å². The van der Waals surface area contributed by atoms with E-state index < -0.39 is 8.07 Å². The van der Waals surface area contributed by atoms with Gasteiger partial charge in [-0.15, -0.1) is 5.54 Å². The Labute approximate surface area is 164 Å². The molecule has 0 atom stereocenters. The predicted molar refractivity (Wildman–Crippen MR) is 114 cm³/mol. The molecule has 0 unspecified atom stereocenters. The van der Waals surface area contributed by atoms with Gasteiger partial charge in [-0.2, -0.15) is 5.26 Å². The van der Waals surface area contributed by atoms with Crippen molar-refractivity contribution < 1.29 is 0 Å². The SMILES string of the molecule is CC(C)(C)CN(Cc1ccc(C#C[Si](C)(C)C)cc1)c1ccnc(C#N)n1. The first kappa shape index (κ1) is 20.7. The second-order valence-electron chi connectivity index (χ2n) is 8.96. The molecule has 140 valence electrons. The highest BCUT2D eigenvalue weighted by Gasteiger charge is 2.19. The number of rotatable bonds is 4. The lowest BCUT2D eigenvalue weighted by molar-refractivity contribution is 0.407. The lowest BCUT2D eigenvalue weighted by atomic mass is 9.95. The van der Waals surface area contributed by atoms with Crippen LogP contribution in [-0.2, 0) is 6.54 Å². The van der Waals surface area contributed by atoms with Crippen molar-refractivity contribution in [1.29, 1.82) is 5.26 Å². The molecule has 4 nitrogen and oxygen atoms in total. The lowest BCUT2D eigenvalue weighted by Crippen LogP contribution is -2.33. The molecular weight excluding hydrogens is 348 g/mol. The molecule has 2 aromatic rings. The van der Waals surface area contributed by atoms with Crippen LogP contribution in [0, 0.1) is 28.2 Å². The van der Waals surface area contributed by atoms with Crippen LogP contribution < -0.4 is 4.90 Å². The third-order valence-corrected chi connectivity index (χ3v) is 4.51. The number of hydrogen-bond donors (Lipinski definition) is 0. The largest absolute Gasteiger partial charge is 0.352 e. The van der Waals surface area contributed by atoms with Crippen molar-refractivity contribution in [2.75, 3.05) is 11.4 Å². The molecule has 0 bridgehead atoms. The van der Waals surface area contributed by atoms with E-state index in [1.54, 1.807) is 6.20 Å². The molecule has 0 aliphatic rings. The Hall–Kier alpha value is -2.63. The van der Waals surface area contributed by atoms with E-state index in [1.807, 2.05) is 12.1 Å². The second-order valence-corrected chi connectivity index (χ2v) is 13.7. The number of aromatic nitrogens is 2. The van der Waals surface area contributed by atoms with Gasteiger partial charge in [-0.25, -0.2) is 9.97 Å². The van der Waals surface area contributed by atoms with E-state index in [4.69, 9.17) is 5.26 Å². The fourth-order valence-corrected chi connectivity index (χ4v) is 3.06. The summed E-state index contributed by atoms with van der Waals surface area (Å²) in [5.74, 6) is 4.27. The normalized spacial score (nSPS) is 11.3. The summed E-state index contributed by atoms with van der Waals surface area (Å²) in [4.78, 5) is 10.6. The molecule has 0 radical (unpaired) electrons. The number of benzene rings is 1. The molecule has 0 saturated heterocycles. The van der Waals surface area contributed by atoms with Crippen LogP contribution in [0.3, 0.4) is 0 Å². The zero-order valence-electron chi connectivity index (χ0n) is 17.2. The highest BCUT2D eigenvalue weighted by Crippen LogP contribution is 2.22. The number of nitrogens with zero attached hydrogens (tertiary/aromatic N) is 4. The topological polar surface area (TPSA) is 52.8 Å².